The van der Waals surface area contributed by atoms with Gasteiger partial charge >= 0.3 is 0 Å². The third-order valence-corrected chi connectivity index (χ3v) is 6.15. The minimum Gasteiger partial charge on any atom is -0.489 e. The molecule has 0 radical (unpaired) electrons. The second-order valence-electron chi connectivity index (χ2n) is 7.60. The number of H-pyrrole nitrogens is 1. The van der Waals surface area contributed by atoms with Gasteiger partial charge in [-0.2, -0.15) is 0 Å². The van der Waals surface area contributed by atoms with Crippen LogP contribution >= 0.6 is 23.2 Å². The number of aromatic amines is 1. The molecule has 0 fully saturated rings. The van der Waals surface area contributed by atoms with Crippen molar-refractivity contribution in [3.05, 3.63) is 106 Å². The summed E-state index contributed by atoms with van der Waals surface area (Å²) in [5.74, 6) is 1.75. The molecule has 0 aliphatic carbocycles. The minimum atomic E-state index is 0.409. The molecule has 0 amide bonds. The molecule has 1 aromatic heterocycles. The molecular weight excluding hydrogens is 441 g/mol. The van der Waals surface area contributed by atoms with E-state index in [1.165, 1.54) is 5.39 Å². The summed E-state index contributed by atoms with van der Waals surface area (Å²) in [4.78, 5) is 8.01. The lowest BCUT2D eigenvalue weighted by Crippen LogP contribution is -2.15. The number of para-hydroxylation sites is 2. The van der Waals surface area contributed by atoms with Crippen molar-refractivity contribution in [3.63, 3.8) is 0 Å². The van der Waals surface area contributed by atoms with Gasteiger partial charge in [0.1, 0.15) is 18.2 Å². The van der Waals surface area contributed by atoms with Crippen LogP contribution in [0, 0.1) is 0 Å². The Morgan fingerprint density at radius 2 is 1.69 bits per heavy atom. The van der Waals surface area contributed by atoms with Crippen molar-refractivity contribution in [1.82, 2.24) is 15.3 Å². The van der Waals surface area contributed by atoms with Crippen molar-refractivity contribution in [2.45, 2.75) is 19.7 Å². The molecule has 0 bridgehead atoms. The van der Waals surface area contributed by atoms with Crippen molar-refractivity contribution in [1.29, 1.82) is 0 Å². The number of benzene rings is 4. The zero-order chi connectivity index (χ0) is 21.9. The van der Waals surface area contributed by atoms with Crippen LogP contribution < -0.4 is 10.1 Å². The molecule has 0 unspecified atom stereocenters. The first-order chi connectivity index (χ1) is 15.7. The maximum atomic E-state index is 6.21. The molecule has 1 heterocycles. The number of nitrogens with one attached hydrogen (secondary N) is 2. The molecule has 0 aliphatic heterocycles. The standard InChI is InChI=1S/C26H21Cl2N3O/c27-21-11-9-17(13-22(21)28)16-32-25-12-10-18-5-1-2-6-19(18)20(25)14-29-15-26-30-23-7-3-4-8-24(23)31-26/h1-13,29H,14-16H2,(H,30,31). The highest BCUT2D eigenvalue weighted by Crippen LogP contribution is 2.30. The van der Waals surface area contributed by atoms with Crippen LogP contribution in [0.25, 0.3) is 21.8 Å². The monoisotopic (exact) mass is 461 g/mol. The number of hydrogen-bond acceptors (Lipinski definition) is 3. The molecule has 160 valence electrons. The van der Waals surface area contributed by atoms with Gasteiger partial charge in [0.2, 0.25) is 0 Å². The van der Waals surface area contributed by atoms with E-state index in [1.807, 2.05) is 54.6 Å². The molecule has 6 heteroatoms. The second kappa shape index (κ2) is 9.21. The number of aromatic nitrogens is 2. The van der Waals surface area contributed by atoms with E-state index in [9.17, 15) is 0 Å². The lowest BCUT2D eigenvalue weighted by Gasteiger charge is -2.15. The minimum absolute atomic E-state index is 0.409. The van der Waals surface area contributed by atoms with Crippen LogP contribution in [-0.4, -0.2) is 9.97 Å². The van der Waals surface area contributed by atoms with Gasteiger partial charge in [-0.3, -0.25) is 0 Å². The van der Waals surface area contributed by atoms with Crippen molar-refractivity contribution in [2.24, 2.45) is 0 Å². The number of halogens is 2. The number of hydrogen-bond donors (Lipinski definition) is 2. The van der Waals surface area contributed by atoms with Gasteiger partial charge in [0.25, 0.3) is 0 Å². The summed E-state index contributed by atoms with van der Waals surface area (Å²) in [5.41, 5.74) is 4.09. The van der Waals surface area contributed by atoms with Crippen molar-refractivity contribution >= 4 is 45.0 Å². The Labute approximate surface area is 196 Å². The van der Waals surface area contributed by atoms with Gasteiger partial charge in [-0.25, -0.2) is 4.98 Å². The second-order valence-corrected chi connectivity index (χ2v) is 8.42. The molecular formula is C26H21Cl2N3O. The quantitative estimate of drug-likeness (QED) is 0.277. The van der Waals surface area contributed by atoms with E-state index >= 15 is 0 Å². The lowest BCUT2D eigenvalue weighted by molar-refractivity contribution is 0.302. The maximum absolute atomic E-state index is 6.21. The van der Waals surface area contributed by atoms with Gasteiger partial charge in [0, 0.05) is 12.1 Å². The Morgan fingerprint density at radius 3 is 2.56 bits per heavy atom. The first kappa shape index (κ1) is 20.8. The third kappa shape index (κ3) is 4.44. The molecule has 5 rings (SSSR count). The summed E-state index contributed by atoms with van der Waals surface area (Å²) in [6.07, 6.45) is 0. The van der Waals surface area contributed by atoms with E-state index in [2.05, 4.69) is 33.5 Å². The fourth-order valence-electron chi connectivity index (χ4n) is 3.82. The zero-order valence-corrected chi connectivity index (χ0v) is 18.8. The fraction of sp³-hybridized carbons (Fsp3) is 0.115. The van der Waals surface area contributed by atoms with Crippen molar-refractivity contribution in [3.8, 4) is 5.75 Å². The van der Waals surface area contributed by atoms with E-state index in [1.54, 1.807) is 6.07 Å². The smallest absolute Gasteiger partial charge is 0.124 e. The summed E-state index contributed by atoms with van der Waals surface area (Å²) in [6, 6.07) is 26.0. The lowest BCUT2D eigenvalue weighted by atomic mass is 10.0. The van der Waals surface area contributed by atoms with Gasteiger partial charge in [-0.1, -0.05) is 71.7 Å². The van der Waals surface area contributed by atoms with Crippen LogP contribution in [0.4, 0.5) is 0 Å². The number of imidazole rings is 1. The van der Waals surface area contributed by atoms with Gasteiger partial charge in [-0.15, -0.1) is 0 Å². The molecule has 0 atom stereocenters. The average Bonchev–Trinajstić information content (AvgIpc) is 3.23. The van der Waals surface area contributed by atoms with Crippen molar-refractivity contribution in [2.75, 3.05) is 0 Å². The number of fused-ring (bicyclic) bond motifs is 2. The summed E-state index contributed by atoms with van der Waals surface area (Å²) in [5, 5.41) is 6.92. The molecule has 0 saturated heterocycles. The zero-order valence-electron chi connectivity index (χ0n) is 17.2. The highest BCUT2D eigenvalue weighted by molar-refractivity contribution is 6.42. The summed E-state index contributed by atoms with van der Waals surface area (Å²) < 4.78 is 6.21. The van der Waals surface area contributed by atoms with Gasteiger partial charge in [0.05, 0.1) is 27.6 Å². The molecule has 0 spiro atoms. The van der Waals surface area contributed by atoms with Crippen LogP contribution in [0.3, 0.4) is 0 Å². The summed E-state index contributed by atoms with van der Waals surface area (Å²) >= 11 is 12.2. The first-order valence-corrected chi connectivity index (χ1v) is 11.1. The normalized spacial score (nSPS) is 11.3. The molecule has 0 saturated carbocycles. The summed E-state index contributed by atoms with van der Waals surface area (Å²) in [7, 11) is 0. The highest BCUT2D eigenvalue weighted by atomic mass is 35.5. The largest absolute Gasteiger partial charge is 0.489 e. The topological polar surface area (TPSA) is 49.9 Å². The Balaban J connectivity index is 1.36. The number of nitrogens with zero attached hydrogens (tertiary/aromatic N) is 1. The highest BCUT2D eigenvalue weighted by Gasteiger charge is 2.11. The Bertz CT molecular complexity index is 1360. The fourth-order valence-corrected chi connectivity index (χ4v) is 4.14. The number of rotatable bonds is 7. The average molecular weight is 462 g/mol. The molecule has 2 N–H and O–H groups in total. The van der Waals surface area contributed by atoms with Crippen LogP contribution in [0.15, 0.2) is 78.9 Å². The molecule has 32 heavy (non-hydrogen) atoms. The predicted molar refractivity (Wildman–Crippen MR) is 131 cm³/mol. The Morgan fingerprint density at radius 1 is 0.844 bits per heavy atom. The van der Waals surface area contributed by atoms with E-state index in [-0.39, 0.29) is 0 Å². The molecule has 4 aromatic carbocycles. The van der Waals surface area contributed by atoms with E-state index in [0.717, 1.165) is 39.1 Å². The van der Waals surface area contributed by atoms with E-state index in [0.29, 0.717) is 29.7 Å². The predicted octanol–water partition coefficient (Wildman–Crippen LogP) is 6.89. The van der Waals surface area contributed by atoms with Crippen LogP contribution in [0.5, 0.6) is 5.75 Å². The van der Waals surface area contributed by atoms with Gasteiger partial charge < -0.3 is 15.0 Å². The number of ether oxygens (including phenoxy) is 1. The van der Waals surface area contributed by atoms with Crippen LogP contribution in [0.1, 0.15) is 17.0 Å². The Kier molecular flexibility index (Phi) is 5.99. The maximum Gasteiger partial charge on any atom is 0.124 e. The molecule has 4 nitrogen and oxygen atoms in total. The summed E-state index contributed by atoms with van der Waals surface area (Å²) in [6.45, 7) is 1.69. The Hall–Kier alpha value is -3.05. The van der Waals surface area contributed by atoms with Crippen LogP contribution in [0.2, 0.25) is 10.0 Å². The molecule has 0 aliphatic rings. The SMILES string of the molecule is Clc1ccc(COc2ccc3ccccc3c2CNCc2nc3ccccc3[nH]2)cc1Cl. The third-order valence-electron chi connectivity index (χ3n) is 5.41. The van der Waals surface area contributed by atoms with Gasteiger partial charge in [0.15, 0.2) is 0 Å². The van der Waals surface area contributed by atoms with Gasteiger partial charge in [-0.05, 0) is 46.7 Å². The van der Waals surface area contributed by atoms with Crippen LogP contribution in [-0.2, 0) is 19.7 Å². The van der Waals surface area contributed by atoms with E-state index in [4.69, 9.17) is 27.9 Å². The van der Waals surface area contributed by atoms with Crippen molar-refractivity contribution < 1.29 is 4.74 Å². The van der Waals surface area contributed by atoms with E-state index < -0.39 is 0 Å². The first-order valence-electron chi connectivity index (χ1n) is 10.4. The molecule has 5 aromatic rings.